The molecule has 0 bridgehead atoms. The molecule has 0 saturated carbocycles. The summed E-state index contributed by atoms with van der Waals surface area (Å²) in [5.41, 5.74) is 2.85. The molecule has 1 saturated heterocycles. The van der Waals surface area contributed by atoms with Crippen LogP contribution in [-0.4, -0.2) is 43.7 Å². The lowest BCUT2D eigenvalue weighted by Gasteiger charge is -2.26. The summed E-state index contributed by atoms with van der Waals surface area (Å²) in [5.74, 6) is 0.434. The van der Waals surface area contributed by atoms with Gasteiger partial charge < -0.3 is 14.8 Å². The first-order chi connectivity index (χ1) is 13.2. The van der Waals surface area contributed by atoms with E-state index in [1.54, 1.807) is 18.2 Å². The molecule has 1 amide bonds. The fraction of sp³-hybridized carbons (Fsp3) is 0.381. The highest BCUT2D eigenvalue weighted by molar-refractivity contribution is 6.32. The van der Waals surface area contributed by atoms with E-state index in [2.05, 4.69) is 34.5 Å². The van der Waals surface area contributed by atoms with Crippen molar-refractivity contribution in [1.29, 1.82) is 0 Å². The van der Waals surface area contributed by atoms with E-state index in [1.807, 2.05) is 6.92 Å². The smallest absolute Gasteiger partial charge is 0.251 e. The molecular formula is C21H25ClN2O3. The molecule has 0 aromatic heterocycles. The summed E-state index contributed by atoms with van der Waals surface area (Å²) >= 11 is 6.15. The van der Waals surface area contributed by atoms with E-state index in [0.29, 0.717) is 29.5 Å². The lowest BCUT2D eigenvalue weighted by Crippen LogP contribution is -2.35. The fourth-order valence-electron chi connectivity index (χ4n) is 2.98. The average molecular weight is 389 g/mol. The monoisotopic (exact) mass is 388 g/mol. The molecule has 0 atom stereocenters. The Morgan fingerprint density at radius 2 is 1.85 bits per heavy atom. The van der Waals surface area contributed by atoms with Gasteiger partial charge in [-0.2, -0.15) is 0 Å². The van der Waals surface area contributed by atoms with E-state index in [-0.39, 0.29) is 5.91 Å². The maximum atomic E-state index is 12.3. The van der Waals surface area contributed by atoms with Crippen molar-refractivity contribution < 1.29 is 14.3 Å². The van der Waals surface area contributed by atoms with Crippen LogP contribution >= 0.6 is 11.6 Å². The molecule has 5 nitrogen and oxygen atoms in total. The second kappa shape index (κ2) is 9.74. The Bertz CT molecular complexity index is 759. The van der Waals surface area contributed by atoms with Gasteiger partial charge in [0.2, 0.25) is 0 Å². The minimum absolute atomic E-state index is 0.155. The number of hydrogen-bond acceptors (Lipinski definition) is 4. The van der Waals surface area contributed by atoms with E-state index in [0.717, 1.165) is 38.4 Å². The van der Waals surface area contributed by atoms with Gasteiger partial charge in [0.15, 0.2) is 0 Å². The van der Waals surface area contributed by atoms with E-state index in [1.165, 1.54) is 5.56 Å². The summed E-state index contributed by atoms with van der Waals surface area (Å²) in [4.78, 5) is 14.7. The lowest BCUT2D eigenvalue weighted by molar-refractivity contribution is 0.0342. The van der Waals surface area contributed by atoms with Crippen molar-refractivity contribution in [3.63, 3.8) is 0 Å². The number of halogens is 1. The number of nitrogens with zero attached hydrogens (tertiary/aromatic N) is 1. The quantitative estimate of drug-likeness (QED) is 0.788. The van der Waals surface area contributed by atoms with E-state index in [4.69, 9.17) is 21.1 Å². The number of morpholine rings is 1. The maximum absolute atomic E-state index is 12.3. The molecule has 144 valence electrons. The number of nitrogens with one attached hydrogen (secondary N) is 1. The number of hydrogen-bond donors (Lipinski definition) is 1. The van der Waals surface area contributed by atoms with Crippen LogP contribution in [0.15, 0.2) is 42.5 Å². The molecule has 3 rings (SSSR count). The van der Waals surface area contributed by atoms with E-state index in [9.17, 15) is 4.79 Å². The molecule has 1 aliphatic heterocycles. The van der Waals surface area contributed by atoms with Crippen molar-refractivity contribution >= 4 is 17.5 Å². The van der Waals surface area contributed by atoms with Gasteiger partial charge in [0.1, 0.15) is 5.75 Å². The molecule has 0 aliphatic carbocycles. The second-order valence-electron chi connectivity index (χ2n) is 6.47. The highest BCUT2D eigenvalue weighted by Gasteiger charge is 2.11. The first kappa shape index (κ1) is 19.7. The van der Waals surface area contributed by atoms with E-state index < -0.39 is 0 Å². The minimum Gasteiger partial charge on any atom is -0.492 e. The third kappa shape index (κ3) is 5.70. The number of amides is 1. The minimum atomic E-state index is -0.155. The van der Waals surface area contributed by atoms with Gasteiger partial charge in [0.05, 0.1) is 24.8 Å². The molecular weight excluding hydrogens is 364 g/mol. The summed E-state index contributed by atoms with van der Waals surface area (Å²) in [6.45, 7) is 7.39. The Labute approximate surface area is 165 Å². The van der Waals surface area contributed by atoms with Crippen LogP contribution in [0.3, 0.4) is 0 Å². The Kier molecular flexibility index (Phi) is 7.10. The molecule has 2 aromatic carbocycles. The van der Waals surface area contributed by atoms with Gasteiger partial charge in [0.25, 0.3) is 5.91 Å². The van der Waals surface area contributed by atoms with Gasteiger partial charge in [0, 0.05) is 31.7 Å². The predicted octanol–water partition coefficient (Wildman–Crippen LogP) is 3.50. The molecule has 1 N–H and O–H groups in total. The van der Waals surface area contributed by atoms with Gasteiger partial charge in [-0.1, -0.05) is 35.9 Å². The van der Waals surface area contributed by atoms with Crippen LogP contribution < -0.4 is 10.1 Å². The van der Waals surface area contributed by atoms with E-state index >= 15 is 0 Å². The molecule has 2 aromatic rings. The molecule has 1 fully saturated rings. The van der Waals surface area contributed by atoms with Crippen LogP contribution in [0.2, 0.25) is 5.02 Å². The SMILES string of the molecule is CCOc1ccc(C(=O)NCc2ccc(CN3CCOCC3)cc2)cc1Cl. The zero-order valence-corrected chi connectivity index (χ0v) is 16.3. The standard InChI is InChI=1S/C21H25ClN2O3/c1-2-27-20-8-7-18(13-19(20)22)21(25)23-14-16-3-5-17(6-4-16)15-24-9-11-26-12-10-24/h3-8,13H,2,9-12,14-15H2,1H3,(H,23,25). The van der Waals surface area contributed by atoms with Gasteiger partial charge in [-0.3, -0.25) is 9.69 Å². The Morgan fingerprint density at radius 1 is 1.15 bits per heavy atom. The predicted molar refractivity (Wildman–Crippen MR) is 106 cm³/mol. The summed E-state index contributed by atoms with van der Waals surface area (Å²) in [6, 6.07) is 13.4. The highest BCUT2D eigenvalue weighted by atomic mass is 35.5. The number of carbonyl (C=O) groups excluding carboxylic acids is 1. The molecule has 6 heteroatoms. The van der Waals surface area contributed by atoms with Crippen LogP contribution in [0.4, 0.5) is 0 Å². The molecule has 1 heterocycles. The van der Waals surface area contributed by atoms with Crippen molar-refractivity contribution in [2.24, 2.45) is 0 Å². The zero-order chi connectivity index (χ0) is 19.1. The van der Waals surface area contributed by atoms with Crippen molar-refractivity contribution in [2.75, 3.05) is 32.9 Å². The fourth-order valence-corrected chi connectivity index (χ4v) is 3.21. The number of benzene rings is 2. The summed E-state index contributed by atoms with van der Waals surface area (Å²) in [7, 11) is 0. The van der Waals surface area contributed by atoms with Gasteiger partial charge in [-0.15, -0.1) is 0 Å². The molecule has 0 unspecified atom stereocenters. The first-order valence-corrected chi connectivity index (χ1v) is 9.62. The van der Waals surface area contributed by atoms with Crippen LogP contribution in [0, 0.1) is 0 Å². The Balaban J connectivity index is 1.51. The average Bonchev–Trinajstić information content (AvgIpc) is 2.70. The third-order valence-electron chi connectivity index (χ3n) is 4.48. The number of rotatable bonds is 7. The summed E-state index contributed by atoms with van der Waals surface area (Å²) in [5, 5.41) is 3.37. The zero-order valence-electron chi connectivity index (χ0n) is 15.5. The van der Waals surface area contributed by atoms with Crippen molar-refractivity contribution in [3.05, 3.63) is 64.2 Å². The van der Waals surface area contributed by atoms with Crippen LogP contribution in [-0.2, 0) is 17.8 Å². The summed E-state index contributed by atoms with van der Waals surface area (Å²) < 4.78 is 10.8. The Hall–Kier alpha value is -2.08. The highest BCUT2D eigenvalue weighted by Crippen LogP contribution is 2.25. The van der Waals surface area contributed by atoms with Crippen molar-refractivity contribution in [1.82, 2.24) is 10.2 Å². The lowest BCUT2D eigenvalue weighted by atomic mass is 10.1. The normalized spacial score (nSPS) is 14.7. The molecule has 0 spiro atoms. The van der Waals surface area contributed by atoms with Crippen molar-refractivity contribution in [2.45, 2.75) is 20.0 Å². The topological polar surface area (TPSA) is 50.8 Å². The maximum Gasteiger partial charge on any atom is 0.251 e. The van der Waals surface area contributed by atoms with Crippen LogP contribution in [0.5, 0.6) is 5.75 Å². The van der Waals surface area contributed by atoms with Gasteiger partial charge >= 0.3 is 0 Å². The number of carbonyl (C=O) groups is 1. The van der Waals surface area contributed by atoms with Gasteiger partial charge in [-0.05, 0) is 36.2 Å². The molecule has 27 heavy (non-hydrogen) atoms. The van der Waals surface area contributed by atoms with Crippen LogP contribution in [0.25, 0.3) is 0 Å². The third-order valence-corrected chi connectivity index (χ3v) is 4.78. The van der Waals surface area contributed by atoms with Crippen molar-refractivity contribution in [3.8, 4) is 5.75 Å². The largest absolute Gasteiger partial charge is 0.492 e. The Morgan fingerprint density at radius 3 is 2.52 bits per heavy atom. The number of ether oxygens (including phenoxy) is 2. The summed E-state index contributed by atoms with van der Waals surface area (Å²) in [6.07, 6.45) is 0. The van der Waals surface area contributed by atoms with Gasteiger partial charge in [-0.25, -0.2) is 0 Å². The molecule has 1 aliphatic rings. The first-order valence-electron chi connectivity index (χ1n) is 9.24. The molecule has 0 radical (unpaired) electrons. The van der Waals surface area contributed by atoms with Crippen LogP contribution in [0.1, 0.15) is 28.4 Å². The second-order valence-corrected chi connectivity index (χ2v) is 6.87.